The molecule has 0 spiro atoms. The van der Waals surface area contributed by atoms with Crippen LogP contribution in [-0.4, -0.2) is 41.8 Å². The van der Waals surface area contributed by atoms with Crippen molar-refractivity contribution in [2.24, 2.45) is 0 Å². The van der Waals surface area contributed by atoms with Crippen molar-refractivity contribution in [2.45, 2.75) is 57.2 Å². The van der Waals surface area contributed by atoms with E-state index in [9.17, 15) is 10.2 Å². The van der Waals surface area contributed by atoms with E-state index in [4.69, 9.17) is 4.74 Å². The quantitative estimate of drug-likeness (QED) is 0.546. The fourth-order valence-electron chi connectivity index (χ4n) is 2.01. The van der Waals surface area contributed by atoms with E-state index < -0.39 is 5.54 Å². The van der Waals surface area contributed by atoms with Gasteiger partial charge in [0.15, 0.2) is 0 Å². The number of hydrogen-bond acceptors (Lipinski definition) is 4. The Kier molecular flexibility index (Phi) is 6.28. The molecule has 0 aliphatic carbocycles. The van der Waals surface area contributed by atoms with Crippen LogP contribution in [0.1, 0.15) is 45.4 Å². The van der Waals surface area contributed by atoms with Gasteiger partial charge in [0, 0.05) is 0 Å². The van der Waals surface area contributed by atoms with Gasteiger partial charge in [-0.25, -0.2) is 0 Å². The molecule has 0 aromatic carbocycles. The van der Waals surface area contributed by atoms with Gasteiger partial charge in [0.05, 0.1) is 25.4 Å². The van der Waals surface area contributed by atoms with Gasteiger partial charge in [0.25, 0.3) is 0 Å². The summed E-state index contributed by atoms with van der Waals surface area (Å²) in [5.74, 6) is 0. The molecular formula is C12H25NO3. The van der Waals surface area contributed by atoms with Crippen molar-refractivity contribution in [2.75, 3.05) is 19.8 Å². The predicted molar refractivity (Wildman–Crippen MR) is 63.2 cm³/mol. The summed E-state index contributed by atoms with van der Waals surface area (Å²) in [5.41, 5.74) is -0.617. The zero-order valence-corrected chi connectivity index (χ0v) is 10.2. The highest BCUT2D eigenvalue weighted by molar-refractivity contribution is 4.92. The fourth-order valence-corrected chi connectivity index (χ4v) is 2.01. The molecule has 1 aliphatic rings. The Balaban J connectivity index is 2.11. The third-order valence-corrected chi connectivity index (χ3v) is 3.20. The van der Waals surface area contributed by atoms with Crippen LogP contribution in [0.25, 0.3) is 0 Å². The lowest BCUT2D eigenvalue weighted by Crippen LogP contribution is -2.51. The Hall–Kier alpha value is -0.160. The Morgan fingerprint density at radius 3 is 2.44 bits per heavy atom. The highest BCUT2D eigenvalue weighted by Crippen LogP contribution is 2.18. The van der Waals surface area contributed by atoms with Crippen LogP contribution < -0.4 is 5.32 Å². The second-order valence-corrected chi connectivity index (χ2v) is 4.74. The topological polar surface area (TPSA) is 61.7 Å². The molecule has 0 bridgehead atoms. The van der Waals surface area contributed by atoms with E-state index >= 15 is 0 Å². The van der Waals surface area contributed by atoms with E-state index in [1.807, 2.05) is 0 Å². The largest absolute Gasteiger partial charge is 0.394 e. The third-order valence-electron chi connectivity index (χ3n) is 3.20. The first-order chi connectivity index (χ1) is 7.76. The highest BCUT2D eigenvalue weighted by atomic mass is 16.5. The van der Waals surface area contributed by atoms with Crippen LogP contribution in [0, 0.1) is 0 Å². The molecule has 0 radical (unpaired) electrons. The third kappa shape index (κ3) is 4.01. The summed E-state index contributed by atoms with van der Waals surface area (Å²) in [5, 5.41) is 21.5. The second kappa shape index (κ2) is 7.22. The van der Waals surface area contributed by atoms with Crippen molar-refractivity contribution in [3.05, 3.63) is 0 Å². The summed E-state index contributed by atoms with van der Waals surface area (Å²) in [4.78, 5) is 0. The maximum atomic E-state index is 9.17. The lowest BCUT2D eigenvalue weighted by atomic mass is 10.0. The van der Waals surface area contributed by atoms with Crippen LogP contribution in [0.3, 0.4) is 0 Å². The molecule has 1 atom stereocenters. The summed E-state index contributed by atoms with van der Waals surface area (Å²) >= 11 is 0. The van der Waals surface area contributed by atoms with E-state index in [0.29, 0.717) is 6.61 Å². The number of unbranched alkanes of at least 4 members (excludes halogenated alkanes) is 4. The van der Waals surface area contributed by atoms with Gasteiger partial charge in [0.2, 0.25) is 0 Å². The molecule has 3 N–H and O–H groups in total. The summed E-state index contributed by atoms with van der Waals surface area (Å²) in [6.07, 6.45) is 7.19. The molecule has 96 valence electrons. The molecule has 0 amide bonds. The normalized spacial score (nSPS) is 23.8. The van der Waals surface area contributed by atoms with E-state index in [1.54, 1.807) is 0 Å². The van der Waals surface area contributed by atoms with Crippen LogP contribution in [0.5, 0.6) is 0 Å². The fraction of sp³-hybridized carbons (Fsp3) is 1.00. The van der Waals surface area contributed by atoms with Crippen molar-refractivity contribution in [1.82, 2.24) is 5.32 Å². The molecule has 1 aliphatic heterocycles. The van der Waals surface area contributed by atoms with Crippen LogP contribution in [0.15, 0.2) is 0 Å². The number of rotatable bonds is 8. The molecule has 1 fully saturated rings. The smallest absolute Gasteiger partial charge is 0.108 e. The molecule has 1 unspecified atom stereocenters. The molecular weight excluding hydrogens is 206 g/mol. The van der Waals surface area contributed by atoms with Crippen LogP contribution in [-0.2, 0) is 4.74 Å². The van der Waals surface area contributed by atoms with E-state index in [2.05, 4.69) is 12.2 Å². The Bertz CT molecular complexity index is 183. The molecule has 1 rings (SSSR count). The van der Waals surface area contributed by atoms with Crippen molar-refractivity contribution in [1.29, 1.82) is 0 Å². The maximum Gasteiger partial charge on any atom is 0.108 e. The van der Waals surface area contributed by atoms with E-state index in [1.165, 1.54) is 25.7 Å². The lowest BCUT2D eigenvalue weighted by molar-refractivity contribution is 0.0724. The number of aliphatic hydroxyl groups is 2. The molecule has 1 saturated heterocycles. The summed E-state index contributed by atoms with van der Waals surface area (Å²) in [6, 6.07) is 0. The summed E-state index contributed by atoms with van der Waals surface area (Å²) in [6.45, 7) is 2.46. The molecule has 4 nitrogen and oxygen atoms in total. The van der Waals surface area contributed by atoms with Gasteiger partial charge < -0.3 is 14.9 Å². The van der Waals surface area contributed by atoms with Gasteiger partial charge in [-0.05, 0) is 12.8 Å². The Labute approximate surface area is 98.0 Å². The number of hydrogen-bond donors (Lipinski definition) is 3. The second-order valence-electron chi connectivity index (χ2n) is 4.74. The summed E-state index contributed by atoms with van der Waals surface area (Å²) < 4.78 is 5.53. The maximum absolute atomic E-state index is 9.17. The van der Waals surface area contributed by atoms with E-state index in [0.717, 1.165) is 12.8 Å². The monoisotopic (exact) mass is 231 g/mol. The van der Waals surface area contributed by atoms with Crippen molar-refractivity contribution in [3.63, 3.8) is 0 Å². The first kappa shape index (κ1) is 13.9. The van der Waals surface area contributed by atoms with Crippen LogP contribution in [0.4, 0.5) is 0 Å². The van der Waals surface area contributed by atoms with Crippen molar-refractivity contribution < 1.29 is 14.9 Å². The highest BCUT2D eigenvalue weighted by Gasteiger charge is 2.38. The number of ether oxygens (including phenoxy) is 1. The van der Waals surface area contributed by atoms with Crippen molar-refractivity contribution in [3.8, 4) is 0 Å². The number of nitrogens with one attached hydrogen (secondary N) is 1. The van der Waals surface area contributed by atoms with Gasteiger partial charge >= 0.3 is 0 Å². The van der Waals surface area contributed by atoms with Gasteiger partial charge in [-0.1, -0.05) is 32.6 Å². The van der Waals surface area contributed by atoms with Crippen LogP contribution >= 0.6 is 0 Å². The first-order valence-corrected chi connectivity index (χ1v) is 6.37. The lowest BCUT2D eigenvalue weighted by Gasteiger charge is -2.23. The van der Waals surface area contributed by atoms with Gasteiger partial charge in [0.1, 0.15) is 6.23 Å². The minimum atomic E-state index is -0.617. The zero-order valence-electron chi connectivity index (χ0n) is 10.2. The Morgan fingerprint density at radius 1 is 1.19 bits per heavy atom. The molecule has 16 heavy (non-hydrogen) atoms. The van der Waals surface area contributed by atoms with Crippen LogP contribution in [0.2, 0.25) is 0 Å². The molecule has 4 heteroatoms. The molecule has 0 aromatic heterocycles. The average Bonchev–Trinajstić information content (AvgIpc) is 2.73. The SMILES string of the molecule is CCCCCCCC1NC(CO)(CO)CO1. The average molecular weight is 231 g/mol. The molecule has 0 saturated carbocycles. The zero-order chi connectivity index (χ0) is 11.9. The Morgan fingerprint density at radius 2 is 1.88 bits per heavy atom. The minimum Gasteiger partial charge on any atom is -0.394 e. The van der Waals surface area contributed by atoms with Gasteiger partial charge in [-0.15, -0.1) is 0 Å². The van der Waals surface area contributed by atoms with Gasteiger partial charge in [-0.2, -0.15) is 0 Å². The molecule has 0 aromatic rings. The van der Waals surface area contributed by atoms with Gasteiger partial charge in [-0.3, -0.25) is 5.32 Å². The minimum absolute atomic E-state index is 0.000858. The summed E-state index contributed by atoms with van der Waals surface area (Å²) in [7, 11) is 0. The first-order valence-electron chi connectivity index (χ1n) is 6.37. The molecule has 1 heterocycles. The van der Waals surface area contributed by atoms with Crippen molar-refractivity contribution >= 4 is 0 Å². The number of aliphatic hydroxyl groups excluding tert-OH is 2. The van der Waals surface area contributed by atoms with E-state index in [-0.39, 0.29) is 19.4 Å². The predicted octanol–water partition coefficient (Wildman–Crippen LogP) is 1.02. The standard InChI is InChI=1S/C12H25NO3/c1-2-3-4-5-6-7-11-13-12(8-14,9-15)10-16-11/h11,13-15H,2-10H2,1H3.